The van der Waals surface area contributed by atoms with Crippen molar-refractivity contribution in [1.82, 2.24) is 0 Å². The first kappa shape index (κ1) is 22.6. The first-order chi connectivity index (χ1) is 14.8. The Morgan fingerprint density at radius 1 is 1.10 bits per heavy atom. The fourth-order valence-electron chi connectivity index (χ4n) is 2.84. The molecule has 3 rings (SSSR count). The van der Waals surface area contributed by atoms with E-state index in [9.17, 15) is 13.7 Å². The highest BCUT2D eigenvalue weighted by Crippen LogP contribution is 2.39. The van der Waals surface area contributed by atoms with Gasteiger partial charge in [0.05, 0.1) is 22.7 Å². The summed E-state index contributed by atoms with van der Waals surface area (Å²) in [6.07, 6.45) is 1.71. The van der Waals surface area contributed by atoms with E-state index in [1.165, 1.54) is 12.1 Å². The third-order valence-corrected chi connectivity index (χ3v) is 6.18. The van der Waals surface area contributed by atoms with Crippen LogP contribution < -0.4 is 8.92 Å². The molecule has 0 saturated carbocycles. The minimum atomic E-state index is -4.05. The molecule has 0 radical (unpaired) electrons. The van der Waals surface area contributed by atoms with Crippen molar-refractivity contribution in [1.29, 1.82) is 5.26 Å². The van der Waals surface area contributed by atoms with Crippen molar-refractivity contribution >= 4 is 37.7 Å². The first-order valence-electron chi connectivity index (χ1n) is 9.48. The van der Waals surface area contributed by atoms with E-state index in [1.54, 1.807) is 37.3 Å². The molecule has 5 nitrogen and oxygen atoms in total. The summed E-state index contributed by atoms with van der Waals surface area (Å²) in [5, 5.41) is 9.57. The van der Waals surface area contributed by atoms with Crippen molar-refractivity contribution in [3.8, 4) is 17.6 Å². The maximum atomic E-state index is 12.8. The minimum absolute atomic E-state index is 0.0484. The van der Waals surface area contributed by atoms with Gasteiger partial charge in [0, 0.05) is 0 Å². The quantitative estimate of drug-likeness (QED) is 0.227. The van der Waals surface area contributed by atoms with Crippen LogP contribution in [-0.4, -0.2) is 15.0 Å². The predicted octanol–water partition coefficient (Wildman–Crippen LogP) is 5.99. The molecule has 3 aromatic carbocycles. The monoisotopic (exact) mass is 497 g/mol. The molecule has 0 heterocycles. The second-order valence-electron chi connectivity index (χ2n) is 6.65. The lowest BCUT2D eigenvalue weighted by Gasteiger charge is -2.15. The van der Waals surface area contributed by atoms with Gasteiger partial charge in [0.1, 0.15) is 4.90 Å². The predicted molar refractivity (Wildman–Crippen MR) is 124 cm³/mol. The molecule has 0 saturated heterocycles. The van der Waals surface area contributed by atoms with Crippen molar-refractivity contribution in [3.63, 3.8) is 0 Å². The maximum Gasteiger partial charge on any atom is 0.339 e. The molecular weight excluding hydrogens is 478 g/mol. The van der Waals surface area contributed by atoms with Gasteiger partial charge in [-0.1, -0.05) is 48.0 Å². The third-order valence-electron chi connectivity index (χ3n) is 4.35. The zero-order chi connectivity index (χ0) is 22.4. The highest BCUT2D eigenvalue weighted by atomic mass is 79.9. The second kappa shape index (κ2) is 9.82. The highest BCUT2D eigenvalue weighted by Gasteiger charge is 2.22. The third kappa shape index (κ3) is 5.54. The van der Waals surface area contributed by atoms with E-state index in [0.29, 0.717) is 22.2 Å². The fraction of sp³-hybridized carbons (Fsp3) is 0.125. The minimum Gasteiger partial charge on any atom is -0.490 e. The summed E-state index contributed by atoms with van der Waals surface area (Å²) in [6, 6.07) is 21.2. The fourth-order valence-corrected chi connectivity index (χ4v) is 4.45. The smallest absolute Gasteiger partial charge is 0.339 e. The van der Waals surface area contributed by atoms with Crippen LogP contribution in [0.15, 0.2) is 76.1 Å². The molecule has 0 aliphatic rings. The summed E-state index contributed by atoms with van der Waals surface area (Å²) in [7, 11) is -4.05. The maximum absolute atomic E-state index is 12.8. The molecule has 158 valence electrons. The van der Waals surface area contributed by atoms with Crippen LogP contribution in [0.3, 0.4) is 0 Å². The Morgan fingerprint density at radius 2 is 1.77 bits per heavy atom. The van der Waals surface area contributed by atoms with Crippen LogP contribution in [0.25, 0.3) is 11.6 Å². The number of nitrogens with zero attached hydrogens (tertiary/aromatic N) is 1. The molecule has 0 unspecified atom stereocenters. The zero-order valence-electron chi connectivity index (χ0n) is 17.0. The topological polar surface area (TPSA) is 76.4 Å². The van der Waals surface area contributed by atoms with Gasteiger partial charge in [-0.2, -0.15) is 13.7 Å². The summed E-state index contributed by atoms with van der Waals surface area (Å²) in [5.74, 6) is 0.307. The van der Waals surface area contributed by atoms with Crippen molar-refractivity contribution in [2.45, 2.75) is 18.7 Å². The molecule has 0 spiro atoms. The Balaban J connectivity index is 2.02. The van der Waals surface area contributed by atoms with Crippen LogP contribution in [0.4, 0.5) is 0 Å². The van der Waals surface area contributed by atoms with Gasteiger partial charge in [0.2, 0.25) is 0 Å². The highest BCUT2D eigenvalue weighted by molar-refractivity contribution is 9.10. The number of aryl methyl sites for hydroxylation is 1. The van der Waals surface area contributed by atoms with Crippen LogP contribution in [0.1, 0.15) is 23.6 Å². The Labute approximate surface area is 190 Å². The number of hydrogen-bond donors (Lipinski definition) is 0. The van der Waals surface area contributed by atoms with Crippen LogP contribution in [-0.2, 0) is 10.1 Å². The average molecular weight is 498 g/mol. The molecule has 0 amide bonds. The lowest BCUT2D eigenvalue weighted by atomic mass is 10.0. The Bertz CT molecular complexity index is 1250. The van der Waals surface area contributed by atoms with Gasteiger partial charge in [-0.25, -0.2) is 0 Å². The Hall–Kier alpha value is -3.08. The largest absolute Gasteiger partial charge is 0.490 e. The van der Waals surface area contributed by atoms with Gasteiger partial charge < -0.3 is 8.92 Å². The van der Waals surface area contributed by atoms with Gasteiger partial charge in [0.25, 0.3) is 0 Å². The van der Waals surface area contributed by atoms with E-state index in [1.807, 2.05) is 37.3 Å². The van der Waals surface area contributed by atoms with Crippen molar-refractivity contribution in [2.75, 3.05) is 6.61 Å². The van der Waals surface area contributed by atoms with E-state index in [4.69, 9.17) is 8.92 Å². The van der Waals surface area contributed by atoms with Crippen molar-refractivity contribution in [2.24, 2.45) is 0 Å². The van der Waals surface area contributed by atoms with Gasteiger partial charge in [-0.05, 0) is 71.2 Å². The van der Waals surface area contributed by atoms with Gasteiger partial charge >= 0.3 is 10.1 Å². The average Bonchev–Trinajstić information content (AvgIpc) is 2.75. The molecule has 31 heavy (non-hydrogen) atoms. The number of ether oxygens (including phenoxy) is 1. The van der Waals surface area contributed by atoms with Crippen LogP contribution >= 0.6 is 15.9 Å². The summed E-state index contributed by atoms with van der Waals surface area (Å²) < 4.78 is 37.0. The molecule has 0 atom stereocenters. The van der Waals surface area contributed by atoms with E-state index in [2.05, 4.69) is 22.0 Å². The molecule has 0 aliphatic heterocycles. The zero-order valence-corrected chi connectivity index (χ0v) is 19.4. The number of rotatable bonds is 7. The molecule has 0 bridgehead atoms. The molecular formula is C24H20BrNO4S. The number of benzene rings is 3. The van der Waals surface area contributed by atoms with Crippen LogP contribution in [0.5, 0.6) is 11.5 Å². The second-order valence-corrected chi connectivity index (χ2v) is 9.05. The number of nitriles is 1. The Morgan fingerprint density at radius 3 is 2.39 bits per heavy atom. The van der Waals surface area contributed by atoms with Crippen molar-refractivity contribution in [3.05, 3.63) is 87.9 Å². The van der Waals surface area contributed by atoms with E-state index >= 15 is 0 Å². The number of hydrogen-bond acceptors (Lipinski definition) is 5. The van der Waals surface area contributed by atoms with Crippen LogP contribution in [0, 0.1) is 18.3 Å². The van der Waals surface area contributed by atoms with Gasteiger partial charge in [-0.15, -0.1) is 0 Å². The summed E-state index contributed by atoms with van der Waals surface area (Å²) in [5.41, 5.74) is 2.85. The first-order valence-corrected chi connectivity index (χ1v) is 11.7. The summed E-state index contributed by atoms with van der Waals surface area (Å²) in [4.78, 5) is 0.0484. The summed E-state index contributed by atoms with van der Waals surface area (Å²) in [6.45, 7) is 3.97. The molecule has 0 aliphatic carbocycles. The van der Waals surface area contributed by atoms with Crippen LogP contribution in [0.2, 0.25) is 0 Å². The molecule has 0 N–H and O–H groups in total. The lowest BCUT2D eigenvalue weighted by Crippen LogP contribution is -2.11. The molecule has 0 fully saturated rings. The standard InChI is InChI=1S/C24H20BrNO4S/c1-3-29-23-15-18(13-20(16-26)19-7-5-4-6-8-19)14-22(25)24(23)30-31(27,28)21-11-9-17(2)10-12-21/h4-15H,3H2,1-2H3/b20-13+. The van der Waals surface area contributed by atoms with Gasteiger partial charge in [-0.3, -0.25) is 0 Å². The lowest BCUT2D eigenvalue weighted by molar-refractivity contribution is 0.327. The normalized spacial score (nSPS) is 11.6. The molecule has 7 heteroatoms. The van der Waals surface area contributed by atoms with E-state index < -0.39 is 10.1 Å². The van der Waals surface area contributed by atoms with Crippen molar-refractivity contribution < 1.29 is 17.3 Å². The molecule has 3 aromatic rings. The number of allylic oxidation sites excluding steroid dienone is 1. The van der Waals surface area contributed by atoms with E-state index in [-0.39, 0.29) is 16.4 Å². The molecule has 0 aromatic heterocycles. The SMILES string of the molecule is CCOc1cc(/C=C(\C#N)c2ccccc2)cc(Br)c1OS(=O)(=O)c1ccc(C)cc1. The van der Waals surface area contributed by atoms with Gasteiger partial charge in [0.15, 0.2) is 11.5 Å². The Kier molecular flexibility index (Phi) is 7.16. The number of halogens is 1. The summed E-state index contributed by atoms with van der Waals surface area (Å²) >= 11 is 3.39. The van der Waals surface area contributed by atoms with E-state index in [0.717, 1.165) is 11.1 Å².